The van der Waals surface area contributed by atoms with Crippen molar-refractivity contribution in [3.8, 4) is 5.75 Å². The first kappa shape index (κ1) is 25.0. The van der Waals surface area contributed by atoms with Crippen molar-refractivity contribution in [3.63, 3.8) is 0 Å². The van der Waals surface area contributed by atoms with Gasteiger partial charge in [0.25, 0.3) is 0 Å². The molecule has 0 radical (unpaired) electrons. The topological polar surface area (TPSA) is 90.7 Å². The van der Waals surface area contributed by atoms with Crippen LogP contribution >= 0.6 is 0 Å². The zero-order valence-electron chi connectivity index (χ0n) is 20.4. The van der Waals surface area contributed by atoms with Gasteiger partial charge >= 0.3 is 11.9 Å². The number of carbonyl (C=O) groups is 2. The molecule has 1 aromatic heterocycles. The van der Waals surface area contributed by atoms with Crippen molar-refractivity contribution in [2.45, 2.75) is 65.7 Å². The van der Waals surface area contributed by atoms with Crippen LogP contribution in [0.5, 0.6) is 5.75 Å². The number of esters is 1. The largest absolute Gasteiger partial charge is 0.478 e. The average molecular weight is 465 g/mol. The first-order valence-corrected chi connectivity index (χ1v) is 11.4. The number of aryl methyl sites for hydroxylation is 2. The summed E-state index contributed by atoms with van der Waals surface area (Å²) in [6.07, 6.45) is 1.13. The molecule has 1 atom stereocenters. The molecular formula is C27H32N2O5. The summed E-state index contributed by atoms with van der Waals surface area (Å²) in [6, 6.07) is 16.6. The number of carboxylic acid groups (broad SMARTS) is 1. The maximum Gasteiger partial charge on any atom is 0.347 e. The summed E-state index contributed by atoms with van der Waals surface area (Å²) in [6.45, 7) is 9.64. The minimum absolute atomic E-state index is 0.355. The number of hydrogen-bond donors (Lipinski definition) is 1. The van der Waals surface area contributed by atoms with Gasteiger partial charge in [0.15, 0.2) is 5.60 Å². The van der Waals surface area contributed by atoms with Gasteiger partial charge in [-0.1, -0.05) is 36.8 Å². The van der Waals surface area contributed by atoms with E-state index in [1.807, 2.05) is 17.7 Å². The van der Waals surface area contributed by atoms with E-state index in [4.69, 9.17) is 14.6 Å². The fraction of sp³-hybridized carbons (Fsp3) is 0.370. The summed E-state index contributed by atoms with van der Waals surface area (Å²) in [5.74, 6) is -1.19. The first-order chi connectivity index (χ1) is 16.1. The average Bonchev–Trinajstić information content (AvgIpc) is 3.18. The molecule has 0 aliphatic carbocycles. The van der Waals surface area contributed by atoms with E-state index in [1.165, 1.54) is 25.0 Å². The van der Waals surface area contributed by atoms with Gasteiger partial charge in [0.2, 0.25) is 0 Å². The lowest BCUT2D eigenvalue weighted by Crippen LogP contribution is -2.37. The Morgan fingerprint density at radius 3 is 2.32 bits per heavy atom. The van der Waals surface area contributed by atoms with E-state index in [0.29, 0.717) is 17.7 Å². The van der Waals surface area contributed by atoms with Gasteiger partial charge in [-0.15, -0.1) is 0 Å². The standard InChI is InChI=1S/C27H32N2O5/c1-6-15-29-24(17-22(28-29)16-20-9-7-18(2)8-10-20)19(3)33-25(30)21-11-13-23(14-12-21)34-27(4,5)26(31)32/h7-14,17,19H,6,15-16H2,1-5H3,(H,31,32)/t19-/m0/s1. The number of carboxylic acids is 1. The lowest BCUT2D eigenvalue weighted by Gasteiger charge is -2.21. The molecule has 3 rings (SSSR count). The summed E-state index contributed by atoms with van der Waals surface area (Å²) in [5.41, 5.74) is 3.15. The van der Waals surface area contributed by atoms with Crippen LogP contribution in [-0.2, 0) is 22.5 Å². The van der Waals surface area contributed by atoms with Crippen molar-refractivity contribution >= 4 is 11.9 Å². The van der Waals surface area contributed by atoms with Crippen LogP contribution in [0, 0.1) is 6.92 Å². The Morgan fingerprint density at radius 2 is 1.74 bits per heavy atom. The summed E-state index contributed by atoms with van der Waals surface area (Å²) in [7, 11) is 0. The molecule has 0 saturated carbocycles. The molecule has 34 heavy (non-hydrogen) atoms. The predicted octanol–water partition coefficient (Wildman–Crippen LogP) is 5.35. The molecule has 1 heterocycles. The highest BCUT2D eigenvalue weighted by atomic mass is 16.5. The number of aromatic nitrogens is 2. The van der Waals surface area contributed by atoms with E-state index < -0.39 is 23.6 Å². The molecule has 0 amide bonds. The van der Waals surface area contributed by atoms with Crippen LogP contribution in [0.15, 0.2) is 54.6 Å². The van der Waals surface area contributed by atoms with Crippen LogP contribution < -0.4 is 4.74 Å². The summed E-state index contributed by atoms with van der Waals surface area (Å²) >= 11 is 0. The van der Waals surface area contributed by atoms with E-state index in [-0.39, 0.29) is 0 Å². The number of rotatable bonds is 10. The Kier molecular flexibility index (Phi) is 7.76. The van der Waals surface area contributed by atoms with E-state index in [2.05, 4.69) is 38.1 Å². The normalized spacial score (nSPS) is 12.3. The Labute approximate surface area is 200 Å². The quantitative estimate of drug-likeness (QED) is 0.407. The van der Waals surface area contributed by atoms with Crippen molar-refractivity contribution in [1.29, 1.82) is 0 Å². The van der Waals surface area contributed by atoms with Crippen LogP contribution in [0.4, 0.5) is 0 Å². The zero-order valence-corrected chi connectivity index (χ0v) is 20.4. The Hall–Kier alpha value is -3.61. The van der Waals surface area contributed by atoms with Crippen LogP contribution in [0.3, 0.4) is 0 Å². The summed E-state index contributed by atoms with van der Waals surface area (Å²) < 4.78 is 13.1. The molecule has 180 valence electrons. The second kappa shape index (κ2) is 10.5. The predicted molar refractivity (Wildman–Crippen MR) is 129 cm³/mol. The third-order valence-corrected chi connectivity index (χ3v) is 5.48. The van der Waals surface area contributed by atoms with E-state index >= 15 is 0 Å². The van der Waals surface area contributed by atoms with Crippen LogP contribution in [0.2, 0.25) is 0 Å². The number of hydrogen-bond acceptors (Lipinski definition) is 5. The highest BCUT2D eigenvalue weighted by Crippen LogP contribution is 2.24. The van der Waals surface area contributed by atoms with Crippen molar-refractivity contribution in [3.05, 3.63) is 82.7 Å². The number of carbonyl (C=O) groups excluding carboxylic acids is 1. The second-order valence-electron chi connectivity index (χ2n) is 8.94. The molecule has 7 heteroatoms. The van der Waals surface area contributed by atoms with Crippen LogP contribution in [-0.4, -0.2) is 32.4 Å². The lowest BCUT2D eigenvalue weighted by molar-refractivity contribution is -0.152. The number of nitrogens with zero attached hydrogens (tertiary/aromatic N) is 2. The molecule has 0 aliphatic heterocycles. The van der Waals surface area contributed by atoms with E-state index in [9.17, 15) is 14.7 Å². The molecule has 2 aromatic carbocycles. The van der Waals surface area contributed by atoms with Crippen LogP contribution in [0.25, 0.3) is 0 Å². The van der Waals surface area contributed by atoms with Gasteiger partial charge in [-0.3, -0.25) is 4.68 Å². The van der Waals surface area contributed by atoms with Crippen molar-refractivity contribution in [1.82, 2.24) is 9.78 Å². The summed E-state index contributed by atoms with van der Waals surface area (Å²) in [5, 5.41) is 13.9. The van der Waals surface area contributed by atoms with Gasteiger partial charge in [0.1, 0.15) is 11.9 Å². The Bertz CT molecular complexity index is 1130. The highest BCUT2D eigenvalue weighted by molar-refractivity contribution is 5.89. The van der Waals surface area contributed by atoms with Crippen molar-refractivity contribution < 1.29 is 24.2 Å². The molecule has 0 spiro atoms. The molecule has 7 nitrogen and oxygen atoms in total. The monoisotopic (exact) mass is 464 g/mol. The van der Waals surface area contributed by atoms with Crippen molar-refractivity contribution in [2.75, 3.05) is 0 Å². The number of benzene rings is 2. The Balaban J connectivity index is 1.70. The zero-order chi connectivity index (χ0) is 24.9. The van der Waals surface area contributed by atoms with E-state index in [0.717, 1.165) is 24.4 Å². The van der Waals surface area contributed by atoms with Crippen molar-refractivity contribution in [2.24, 2.45) is 0 Å². The molecule has 3 aromatic rings. The van der Waals surface area contributed by atoms with Crippen LogP contribution in [0.1, 0.15) is 73.1 Å². The molecule has 0 saturated heterocycles. The molecule has 0 fully saturated rings. The molecular weight excluding hydrogens is 432 g/mol. The second-order valence-corrected chi connectivity index (χ2v) is 8.94. The molecule has 0 unspecified atom stereocenters. The minimum Gasteiger partial charge on any atom is -0.478 e. The van der Waals surface area contributed by atoms with Gasteiger partial charge in [-0.2, -0.15) is 5.10 Å². The molecule has 0 aliphatic rings. The molecule has 1 N–H and O–H groups in total. The van der Waals surface area contributed by atoms with Gasteiger partial charge in [-0.25, -0.2) is 9.59 Å². The number of aliphatic carboxylic acids is 1. The first-order valence-electron chi connectivity index (χ1n) is 11.4. The molecule has 0 bridgehead atoms. The third-order valence-electron chi connectivity index (χ3n) is 5.48. The van der Waals surface area contributed by atoms with Gasteiger partial charge in [0, 0.05) is 13.0 Å². The fourth-order valence-corrected chi connectivity index (χ4v) is 3.49. The van der Waals surface area contributed by atoms with Gasteiger partial charge in [-0.05, 0) is 70.0 Å². The van der Waals surface area contributed by atoms with E-state index in [1.54, 1.807) is 24.3 Å². The lowest BCUT2D eigenvalue weighted by atomic mass is 10.1. The smallest absolute Gasteiger partial charge is 0.347 e. The van der Waals surface area contributed by atoms with Gasteiger partial charge in [0.05, 0.1) is 17.0 Å². The Morgan fingerprint density at radius 1 is 1.09 bits per heavy atom. The summed E-state index contributed by atoms with van der Waals surface area (Å²) in [4.78, 5) is 24.0. The number of ether oxygens (including phenoxy) is 2. The maximum atomic E-state index is 12.7. The van der Waals surface area contributed by atoms with Gasteiger partial charge < -0.3 is 14.6 Å². The fourth-order valence-electron chi connectivity index (χ4n) is 3.49. The highest BCUT2D eigenvalue weighted by Gasteiger charge is 2.29. The third kappa shape index (κ3) is 6.25. The maximum absolute atomic E-state index is 12.7. The minimum atomic E-state index is -1.37. The SMILES string of the molecule is CCCn1nc(Cc2ccc(C)cc2)cc1[C@H](C)OC(=O)c1ccc(OC(C)(C)C(=O)O)cc1.